The van der Waals surface area contributed by atoms with Crippen LogP contribution in [-0.2, 0) is 4.79 Å². The average molecular weight is 290 g/mol. The highest BCUT2D eigenvalue weighted by Gasteiger charge is 2.32. The van der Waals surface area contributed by atoms with Crippen molar-refractivity contribution in [3.8, 4) is 5.75 Å². The Bertz CT molecular complexity index is 475. The Kier molecular flexibility index (Phi) is 4.24. The maximum absolute atomic E-state index is 12.8. The van der Waals surface area contributed by atoms with Crippen LogP contribution in [0.15, 0.2) is 18.2 Å². The lowest BCUT2D eigenvalue weighted by Crippen LogP contribution is -2.34. The summed E-state index contributed by atoms with van der Waals surface area (Å²) in [5.41, 5.74) is 0. The van der Waals surface area contributed by atoms with Gasteiger partial charge in [-0.05, 0) is 18.2 Å². The SMILES string of the molecule is O=C(COc1ccc(F)cc1Cl)N1C[C@@H](O)[C@@H](O)C1. The summed E-state index contributed by atoms with van der Waals surface area (Å²) in [5.74, 6) is -0.665. The molecular formula is C12H13ClFNO4. The highest BCUT2D eigenvalue weighted by Crippen LogP contribution is 2.24. The van der Waals surface area contributed by atoms with Crippen molar-refractivity contribution in [2.24, 2.45) is 0 Å². The second-order valence-electron chi connectivity index (χ2n) is 4.30. The van der Waals surface area contributed by atoms with Crippen LogP contribution in [0.3, 0.4) is 0 Å². The fourth-order valence-corrected chi connectivity index (χ4v) is 2.02. The van der Waals surface area contributed by atoms with E-state index in [0.29, 0.717) is 0 Å². The van der Waals surface area contributed by atoms with Crippen LogP contribution >= 0.6 is 11.6 Å². The predicted molar refractivity (Wildman–Crippen MR) is 65.5 cm³/mol. The minimum Gasteiger partial charge on any atom is -0.482 e. The molecule has 0 unspecified atom stereocenters. The van der Waals surface area contributed by atoms with Crippen molar-refractivity contribution >= 4 is 17.5 Å². The summed E-state index contributed by atoms with van der Waals surface area (Å²) in [4.78, 5) is 13.0. The van der Waals surface area contributed by atoms with E-state index >= 15 is 0 Å². The molecule has 0 aliphatic carbocycles. The molecule has 2 atom stereocenters. The number of likely N-dealkylation sites (tertiary alicyclic amines) is 1. The van der Waals surface area contributed by atoms with E-state index in [-0.39, 0.29) is 36.4 Å². The lowest BCUT2D eigenvalue weighted by atomic mass is 10.3. The van der Waals surface area contributed by atoms with Gasteiger partial charge >= 0.3 is 0 Å². The summed E-state index contributed by atoms with van der Waals surface area (Å²) < 4.78 is 18.0. The van der Waals surface area contributed by atoms with E-state index in [4.69, 9.17) is 16.3 Å². The Morgan fingerprint density at radius 1 is 1.42 bits per heavy atom. The molecule has 1 heterocycles. The van der Waals surface area contributed by atoms with Crippen LogP contribution in [0.4, 0.5) is 4.39 Å². The first kappa shape index (κ1) is 14.0. The molecule has 104 valence electrons. The van der Waals surface area contributed by atoms with Gasteiger partial charge in [-0.1, -0.05) is 11.6 Å². The molecule has 0 spiro atoms. The molecule has 1 aromatic carbocycles. The van der Waals surface area contributed by atoms with Crippen molar-refractivity contribution in [3.63, 3.8) is 0 Å². The van der Waals surface area contributed by atoms with Gasteiger partial charge in [0.05, 0.1) is 17.2 Å². The molecule has 0 aromatic heterocycles. The molecule has 7 heteroatoms. The molecular weight excluding hydrogens is 277 g/mol. The second-order valence-corrected chi connectivity index (χ2v) is 4.70. The van der Waals surface area contributed by atoms with E-state index < -0.39 is 18.0 Å². The van der Waals surface area contributed by atoms with Gasteiger partial charge in [-0.2, -0.15) is 0 Å². The quantitative estimate of drug-likeness (QED) is 0.846. The van der Waals surface area contributed by atoms with Crippen LogP contribution in [0.5, 0.6) is 5.75 Å². The van der Waals surface area contributed by atoms with E-state index in [0.717, 1.165) is 6.07 Å². The fourth-order valence-electron chi connectivity index (χ4n) is 1.80. The molecule has 0 bridgehead atoms. The van der Waals surface area contributed by atoms with Crippen molar-refractivity contribution in [1.29, 1.82) is 0 Å². The Balaban J connectivity index is 1.90. The van der Waals surface area contributed by atoms with Crippen LogP contribution in [0.1, 0.15) is 0 Å². The lowest BCUT2D eigenvalue weighted by Gasteiger charge is -2.16. The van der Waals surface area contributed by atoms with Gasteiger partial charge in [-0.15, -0.1) is 0 Å². The summed E-state index contributed by atoms with van der Waals surface area (Å²) in [6, 6.07) is 3.60. The standard InChI is InChI=1S/C12H13ClFNO4/c13-8-3-7(14)1-2-11(8)19-6-12(18)15-4-9(16)10(17)5-15/h1-3,9-10,16-17H,4-6H2/t9-,10+. The summed E-state index contributed by atoms with van der Waals surface area (Å²) in [5, 5.41) is 18.7. The molecule has 2 rings (SSSR count). The molecule has 1 aliphatic heterocycles. The van der Waals surface area contributed by atoms with Crippen LogP contribution in [0, 0.1) is 5.82 Å². The number of rotatable bonds is 3. The molecule has 0 radical (unpaired) electrons. The first-order chi connectivity index (χ1) is 8.97. The highest BCUT2D eigenvalue weighted by atomic mass is 35.5. The fraction of sp³-hybridized carbons (Fsp3) is 0.417. The third-order valence-corrected chi connectivity index (χ3v) is 3.15. The number of aliphatic hydroxyl groups is 2. The van der Waals surface area contributed by atoms with Crippen molar-refractivity contribution in [2.45, 2.75) is 12.2 Å². The summed E-state index contributed by atoms with van der Waals surface area (Å²) in [7, 11) is 0. The normalized spacial score (nSPS) is 22.6. The van der Waals surface area contributed by atoms with Crippen LogP contribution in [0.25, 0.3) is 0 Å². The number of amides is 1. The van der Waals surface area contributed by atoms with Crippen LogP contribution in [-0.4, -0.2) is 52.9 Å². The second kappa shape index (κ2) is 5.73. The van der Waals surface area contributed by atoms with Crippen LogP contribution < -0.4 is 4.74 Å². The maximum Gasteiger partial charge on any atom is 0.260 e. The molecule has 19 heavy (non-hydrogen) atoms. The summed E-state index contributed by atoms with van der Waals surface area (Å²) in [6.45, 7) is -0.147. The number of aliphatic hydroxyl groups excluding tert-OH is 2. The van der Waals surface area contributed by atoms with Gasteiger partial charge in [-0.3, -0.25) is 4.79 Å². The third kappa shape index (κ3) is 3.34. The van der Waals surface area contributed by atoms with Gasteiger partial charge in [0.2, 0.25) is 0 Å². The van der Waals surface area contributed by atoms with Gasteiger partial charge in [0.15, 0.2) is 6.61 Å². The van der Waals surface area contributed by atoms with E-state index in [9.17, 15) is 19.4 Å². The number of ether oxygens (including phenoxy) is 1. The zero-order valence-corrected chi connectivity index (χ0v) is 10.7. The van der Waals surface area contributed by atoms with E-state index in [1.54, 1.807) is 0 Å². The van der Waals surface area contributed by atoms with Crippen LogP contribution in [0.2, 0.25) is 5.02 Å². The van der Waals surface area contributed by atoms with E-state index in [1.807, 2.05) is 0 Å². The monoisotopic (exact) mass is 289 g/mol. The smallest absolute Gasteiger partial charge is 0.260 e. The summed E-state index contributed by atoms with van der Waals surface area (Å²) >= 11 is 5.75. The zero-order chi connectivity index (χ0) is 14.0. The Hall–Kier alpha value is -1.37. The zero-order valence-electron chi connectivity index (χ0n) is 9.92. The van der Waals surface area contributed by atoms with Crippen molar-refractivity contribution in [2.75, 3.05) is 19.7 Å². The van der Waals surface area contributed by atoms with Crippen molar-refractivity contribution in [3.05, 3.63) is 29.0 Å². The van der Waals surface area contributed by atoms with Gasteiger partial charge in [-0.25, -0.2) is 4.39 Å². The number of β-amino-alcohol motifs (C(OH)–C–C–N with tert-alkyl or cyclic N) is 2. The Morgan fingerprint density at radius 2 is 2.05 bits per heavy atom. The molecule has 1 aliphatic rings. The van der Waals surface area contributed by atoms with Gasteiger partial charge < -0.3 is 19.8 Å². The van der Waals surface area contributed by atoms with Crippen molar-refractivity contribution < 1.29 is 24.1 Å². The number of benzene rings is 1. The molecule has 1 aromatic rings. The van der Waals surface area contributed by atoms with Crippen molar-refractivity contribution in [1.82, 2.24) is 4.90 Å². The number of hydrogen-bond acceptors (Lipinski definition) is 4. The van der Waals surface area contributed by atoms with E-state index in [2.05, 4.69) is 0 Å². The average Bonchev–Trinajstić information content (AvgIpc) is 2.68. The minimum absolute atomic E-state index is 0.0700. The Labute approximate surface area is 114 Å². The van der Waals surface area contributed by atoms with Gasteiger partial charge in [0.1, 0.15) is 11.6 Å². The molecule has 1 amide bonds. The van der Waals surface area contributed by atoms with Gasteiger partial charge in [0.25, 0.3) is 5.91 Å². The molecule has 0 saturated carbocycles. The van der Waals surface area contributed by atoms with E-state index in [1.165, 1.54) is 17.0 Å². The highest BCUT2D eigenvalue weighted by molar-refractivity contribution is 6.32. The topological polar surface area (TPSA) is 70.0 Å². The predicted octanol–water partition coefficient (Wildman–Crippen LogP) is 0.422. The molecule has 1 saturated heterocycles. The number of nitrogens with zero attached hydrogens (tertiary/aromatic N) is 1. The molecule has 1 fully saturated rings. The lowest BCUT2D eigenvalue weighted by molar-refractivity contribution is -0.132. The third-order valence-electron chi connectivity index (χ3n) is 2.86. The largest absolute Gasteiger partial charge is 0.482 e. The molecule has 2 N–H and O–H groups in total. The number of carbonyl (C=O) groups is 1. The summed E-state index contributed by atoms with van der Waals surface area (Å²) in [6.07, 6.45) is -1.86. The first-order valence-corrected chi connectivity index (χ1v) is 6.07. The number of halogens is 2. The number of carbonyl (C=O) groups excluding carboxylic acids is 1. The van der Waals surface area contributed by atoms with Gasteiger partial charge in [0, 0.05) is 13.1 Å². The maximum atomic E-state index is 12.8. The number of hydrogen-bond donors (Lipinski definition) is 2. The minimum atomic E-state index is -0.932. The first-order valence-electron chi connectivity index (χ1n) is 5.69. The Morgan fingerprint density at radius 3 is 2.63 bits per heavy atom. The molecule has 5 nitrogen and oxygen atoms in total.